The predicted octanol–water partition coefficient (Wildman–Crippen LogP) is 3.84. The molecular formula is C16H24O2. The van der Waals surface area contributed by atoms with Crippen LogP contribution in [0.5, 0.6) is 0 Å². The molecule has 0 amide bonds. The Hall–Kier alpha value is -0.860. The smallest absolute Gasteiger partial charge is 0.0821 e. The molecule has 0 saturated heterocycles. The number of ether oxygens (including phenoxy) is 1. The van der Waals surface area contributed by atoms with Gasteiger partial charge in [0.25, 0.3) is 0 Å². The molecule has 1 saturated carbocycles. The van der Waals surface area contributed by atoms with E-state index in [0.29, 0.717) is 12.5 Å². The van der Waals surface area contributed by atoms with Crippen LogP contribution in [0.2, 0.25) is 0 Å². The highest BCUT2D eigenvalue weighted by molar-refractivity contribution is 5.29. The van der Waals surface area contributed by atoms with E-state index in [0.717, 1.165) is 24.0 Å². The van der Waals surface area contributed by atoms with E-state index < -0.39 is 0 Å². The van der Waals surface area contributed by atoms with Crippen LogP contribution in [0.3, 0.4) is 0 Å². The van der Waals surface area contributed by atoms with Crippen LogP contribution < -0.4 is 0 Å². The van der Waals surface area contributed by atoms with E-state index in [4.69, 9.17) is 4.74 Å². The lowest BCUT2D eigenvalue weighted by Crippen LogP contribution is -2.14. The van der Waals surface area contributed by atoms with Gasteiger partial charge in [0.1, 0.15) is 0 Å². The molecule has 0 spiro atoms. The van der Waals surface area contributed by atoms with Gasteiger partial charge in [-0.2, -0.15) is 0 Å². The zero-order chi connectivity index (χ0) is 12.8. The van der Waals surface area contributed by atoms with Crippen molar-refractivity contribution in [1.82, 2.24) is 0 Å². The SMILES string of the molecule is COCc1ccccc1C(O)C1CCCCCC1. The van der Waals surface area contributed by atoms with Crippen LogP contribution >= 0.6 is 0 Å². The van der Waals surface area contributed by atoms with Crippen molar-refractivity contribution < 1.29 is 9.84 Å². The van der Waals surface area contributed by atoms with Crippen molar-refractivity contribution in [2.45, 2.75) is 51.2 Å². The number of aliphatic hydroxyl groups excluding tert-OH is 1. The summed E-state index contributed by atoms with van der Waals surface area (Å²) in [6, 6.07) is 8.12. The molecule has 1 N–H and O–H groups in total. The van der Waals surface area contributed by atoms with Gasteiger partial charge in [0.2, 0.25) is 0 Å². The van der Waals surface area contributed by atoms with E-state index in [2.05, 4.69) is 6.07 Å². The van der Waals surface area contributed by atoms with Crippen molar-refractivity contribution in [2.24, 2.45) is 5.92 Å². The third kappa shape index (κ3) is 3.33. The normalized spacial score (nSPS) is 19.4. The Morgan fingerprint density at radius 3 is 2.50 bits per heavy atom. The van der Waals surface area contributed by atoms with Gasteiger partial charge in [0.05, 0.1) is 12.7 Å². The summed E-state index contributed by atoms with van der Waals surface area (Å²) in [5.41, 5.74) is 2.18. The standard InChI is InChI=1S/C16H24O2/c1-18-12-14-10-6-7-11-15(14)16(17)13-8-4-2-3-5-9-13/h6-7,10-11,13,16-17H,2-5,8-9,12H2,1H3. The van der Waals surface area contributed by atoms with Crippen LogP contribution in [0.4, 0.5) is 0 Å². The Kier molecular flexibility index (Phi) is 5.21. The first-order valence-corrected chi connectivity index (χ1v) is 7.07. The molecule has 0 bridgehead atoms. The topological polar surface area (TPSA) is 29.5 Å². The second-order valence-corrected chi connectivity index (χ2v) is 5.33. The van der Waals surface area contributed by atoms with Gasteiger partial charge >= 0.3 is 0 Å². The quantitative estimate of drug-likeness (QED) is 0.820. The highest BCUT2D eigenvalue weighted by Crippen LogP contribution is 2.34. The molecule has 1 aliphatic rings. The van der Waals surface area contributed by atoms with Gasteiger partial charge in [0.15, 0.2) is 0 Å². The largest absolute Gasteiger partial charge is 0.388 e. The number of benzene rings is 1. The molecule has 2 nitrogen and oxygen atoms in total. The first-order valence-electron chi connectivity index (χ1n) is 7.07. The Morgan fingerprint density at radius 2 is 1.83 bits per heavy atom. The Labute approximate surface area is 110 Å². The summed E-state index contributed by atoms with van der Waals surface area (Å²) in [6.45, 7) is 0.583. The van der Waals surface area contributed by atoms with E-state index in [1.165, 1.54) is 25.7 Å². The van der Waals surface area contributed by atoms with Gasteiger partial charge in [0, 0.05) is 7.11 Å². The Balaban J connectivity index is 2.13. The maximum absolute atomic E-state index is 10.6. The summed E-state index contributed by atoms with van der Waals surface area (Å²) in [6.07, 6.45) is 7.15. The summed E-state index contributed by atoms with van der Waals surface area (Å²) in [5.74, 6) is 0.422. The summed E-state index contributed by atoms with van der Waals surface area (Å²) < 4.78 is 5.22. The maximum Gasteiger partial charge on any atom is 0.0821 e. The van der Waals surface area contributed by atoms with Crippen LogP contribution in [0.15, 0.2) is 24.3 Å². The first kappa shape index (κ1) is 13.6. The lowest BCUT2D eigenvalue weighted by Gasteiger charge is -2.23. The van der Waals surface area contributed by atoms with Crippen LogP contribution in [-0.4, -0.2) is 12.2 Å². The first-order chi connectivity index (χ1) is 8.83. The molecular weight excluding hydrogens is 224 g/mol. The van der Waals surface area contributed by atoms with Gasteiger partial charge in [-0.15, -0.1) is 0 Å². The van der Waals surface area contributed by atoms with Crippen molar-refractivity contribution >= 4 is 0 Å². The van der Waals surface area contributed by atoms with E-state index in [1.807, 2.05) is 18.2 Å². The molecule has 1 unspecified atom stereocenters. The van der Waals surface area contributed by atoms with Crippen molar-refractivity contribution in [3.63, 3.8) is 0 Å². The highest BCUT2D eigenvalue weighted by Gasteiger charge is 2.23. The molecule has 1 aliphatic carbocycles. The van der Waals surface area contributed by atoms with Gasteiger partial charge in [-0.1, -0.05) is 49.9 Å². The molecule has 1 aromatic carbocycles. The highest BCUT2D eigenvalue weighted by atomic mass is 16.5. The molecule has 100 valence electrons. The molecule has 0 heterocycles. The van der Waals surface area contributed by atoms with E-state index in [-0.39, 0.29) is 6.10 Å². The number of aliphatic hydroxyl groups is 1. The minimum atomic E-state index is -0.325. The van der Waals surface area contributed by atoms with Crippen molar-refractivity contribution in [3.05, 3.63) is 35.4 Å². The summed E-state index contributed by atoms with van der Waals surface area (Å²) in [7, 11) is 1.70. The molecule has 1 aromatic rings. The number of hydrogen-bond donors (Lipinski definition) is 1. The molecule has 0 aliphatic heterocycles. The summed E-state index contributed by atoms with van der Waals surface area (Å²) in [4.78, 5) is 0. The van der Waals surface area contributed by atoms with Crippen LogP contribution in [0, 0.1) is 5.92 Å². The van der Waals surface area contributed by atoms with Crippen LogP contribution in [0.25, 0.3) is 0 Å². The number of rotatable bonds is 4. The van der Waals surface area contributed by atoms with Crippen molar-refractivity contribution in [1.29, 1.82) is 0 Å². The monoisotopic (exact) mass is 248 g/mol. The van der Waals surface area contributed by atoms with E-state index in [9.17, 15) is 5.11 Å². The molecule has 18 heavy (non-hydrogen) atoms. The average molecular weight is 248 g/mol. The second-order valence-electron chi connectivity index (χ2n) is 5.33. The molecule has 0 radical (unpaired) electrons. The van der Waals surface area contributed by atoms with Crippen molar-refractivity contribution in [2.75, 3.05) is 7.11 Å². The number of hydrogen-bond acceptors (Lipinski definition) is 2. The molecule has 1 fully saturated rings. The second kappa shape index (κ2) is 6.91. The van der Waals surface area contributed by atoms with Gasteiger partial charge in [-0.3, -0.25) is 0 Å². The van der Waals surface area contributed by atoms with Crippen LogP contribution in [-0.2, 0) is 11.3 Å². The fourth-order valence-corrected chi connectivity index (χ4v) is 2.99. The van der Waals surface area contributed by atoms with E-state index >= 15 is 0 Å². The van der Waals surface area contributed by atoms with Gasteiger partial charge in [-0.25, -0.2) is 0 Å². The average Bonchev–Trinajstić information content (AvgIpc) is 2.68. The van der Waals surface area contributed by atoms with Gasteiger partial charge < -0.3 is 9.84 Å². The maximum atomic E-state index is 10.6. The third-order valence-corrected chi connectivity index (χ3v) is 4.02. The number of methoxy groups -OCH3 is 1. The molecule has 0 aromatic heterocycles. The Bertz CT molecular complexity index is 354. The molecule has 1 atom stereocenters. The fraction of sp³-hybridized carbons (Fsp3) is 0.625. The van der Waals surface area contributed by atoms with E-state index in [1.54, 1.807) is 7.11 Å². The van der Waals surface area contributed by atoms with Gasteiger partial charge in [-0.05, 0) is 29.9 Å². The predicted molar refractivity (Wildman–Crippen MR) is 73.3 cm³/mol. The third-order valence-electron chi connectivity index (χ3n) is 4.02. The van der Waals surface area contributed by atoms with Crippen LogP contribution in [0.1, 0.15) is 55.8 Å². The lowest BCUT2D eigenvalue weighted by molar-refractivity contribution is 0.0948. The zero-order valence-electron chi connectivity index (χ0n) is 11.3. The summed E-state index contributed by atoms with van der Waals surface area (Å²) >= 11 is 0. The summed E-state index contributed by atoms with van der Waals surface area (Å²) in [5, 5.41) is 10.6. The molecule has 2 heteroatoms. The zero-order valence-corrected chi connectivity index (χ0v) is 11.3. The molecule has 2 rings (SSSR count). The minimum absolute atomic E-state index is 0.325. The Morgan fingerprint density at radius 1 is 1.17 bits per heavy atom. The minimum Gasteiger partial charge on any atom is -0.388 e. The van der Waals surface area contributed by atoms with Crippen molar-refractivity contribution in [3.8, 4) is 0 Å². The lowest BCUT2D eigenvalue weighted by atomic mass is 9.87. The fourth-order valence-electron chi connectivity index (χ4n) is 2.99.